The predicted molar refractivity (Wildman–Crippen MR) is 80.2 cm³/mol. The number of terminal acetylenes is 1. The maximum atomic E-state index is 12.3. The number of aromatic nitrogens is 2. The maximum Gasteiger partial charge on any atom is 0.341 e. The lowest BCUT2D eigenvalue weighted by Crippen LogP contribution is -2.52. The molecule has 3 heterocycles. The predicted octanol–water partition coefficient (Wildman–Crippen LogP) is -2.59. The van der Waals surface area contributed by atoms with E-state index in [0.717, 1.165) is 0 Å². The third-order valence-corrected chi connectivity index (χ3v) is 4.30. The van der Waals surface area contributed by atoms with Crippen LogP contribution in [0, 0.1) is 12.3 Å². The number of amides is 1. The fourth-order valence-corrected chi connectivity index (χ4v) is 2.90. The van der Waals surface area contributed by atoms with Crippen molar-refractivity contribution in [1.82, 2.24) is 14.5 Å². The molecule has 0 unspecified atom stereocenters. The van der Waals surface area contributed by atoms with Crippen molar-refractivity contribution in [2.24, 2.45) is 0 Å². The summed E-state index contributed by atoms with van der Waals surface area (Å²) in [5.41, 5.74) is -2.36. The molecule has 0 bridgehead atoms. The van der Waals surface area contributed by atoms with Gasteiger partial charge in [0.2, 0.25) is 5.60 Å². The lowest BCUT2D eigenvalue weighted by Gasteiger charge is -2.28. The van der Waals surface area contributed by atoms with Crippen LogP contribution in [-0.4, -0.2) is 84.4 Å². The Morgan fingerprint density at radius 2 is 2.28 bits per heavy atom. The van der Waals surface area contributed by atoms with Crippen LogP contribution in [-0.2, 0) is 9.53 Å². The highest BCUT2D eigenvalue weighted by molar-refractivity contribution is 5.98. The first-order valence-electron chi connectivity index (χ1n) is 7.29. The second-order valence-corrected chi connectivity index (χ2v) is 5.69. The maximum absolute atomic E-state index is 12.3. The number of aliphatic hydroxyl groups excluding tert-OH is 3. The average molecular weight is 352 g/mol. The third kappa shape index (κ3) is 2.35. The van der Waals surface area contributed by atoms with Crippen molar-refractivity contribution >= 4 is 17.7 Å². The summed E-state index contributed by atoms with van der Waals surface area (Å²) >= 11 is 0. The quantitative estimate of drug-likeness (QED) is 0.367. The molecule has 1 aromatic heterocycles. The summed E-state index contributed by atoms with van der Waals surface area (Å²) in [5.74, 6) is 0.470. The van der Waals surface area contributed by atoms with E-state index in [1.165, 1.54) is 15.8 Å². The van der Waals surface area contributed by atoms with Gasteiger partial charge in [0, 0.05) is 0 Å². The monoisotopic (exact) mass is 352 g/mol. The number of nitrogens with zero attached hydrogens (tertiary/aromatic N) is 3. The molecule has 11 nitrogen and oxygen atoms in total. The number of aliphatic carboxylic acids is 1. The number of nitrogens with one attached hydrogen (secondary N) is 1. The number of ether oxygens (including phenoxy) is 1. The van der Waals surface area contributed by atoms with Gasteiger partial charge >= 0.3 is 5.97 Å². The Kier molecular flexibility index (Phi) is 4.13. The van der Waals surface area contributed by atoms with E-state index in [4.69, 9.17) is 11.2 Å². The molecule has 2 aliphatic rings. The number of hydrogen-bond acceptors (Lipinski definition) is 8. The number of aliphatic hydroxyl groups is 3. The first kappa shape index (κ1) is 17.2. The van der Waals surface area contributed by atoms with E-state index in [-0.39, 0.29) is 24.7 Å². The molecule has 0 aliphatic carbocycles. The average Bonchev–Trinajstić information content (AvgIpc) is 3.12. The molecule has 25 heavy (non-hydrogen) atoms. The van der Waals surface area contributed by atoms with Gasteiger partial charge in [-0.3, -0.25) is 9.36 Å². The summed E-state index contributed by atoms with van der Waals surface area (Å²) < 4.78 is 6.48. The van der Waals surface area contributed by atoms with E-state index in [0.29, 0.717) is 0 Å². The minimum atomic E-state index is -2.38. The second kappa shape index (κ2) is 6.01. The smallest absolute Gasteiger partial charge is 0.341 e. The van der Waals surface area contributed by atoms with Crippen LogP contribution in [0.4, 0.5) is 5.82 Å². The van der Waals surface area contributed by atoms with Gasteiger partial charge in [-0.1, -0.05) is 5.92 Å². The molecule has 5 N–H and O–H groups in total. The molecule has 1 saturated heterocycles. The largest absolute Gasteiger partial charge is 0.479 e. The van der Waals surface area contributed by atoms with Crippen LogP contribution in [0.25, 0.3) is 0 Å². The van der Waals surface area contributed by atoms with Crippen molar-refractivity contribution in [3.8, 4) is 12.3 Å². The fourth-order valence-electron chi connectivity index (χ4n) is 2.90. The zero-order valence-electron chi connectivity index (χ0n) is 12.9. The van der Waals surface area contributed by atoms with Crippen molar-refractivity contribution in [3.63, 3.8) is 0 Å². The normalized spacial score (nSPS) is 31.4. The number of rotatable bonds is 4. The topological polar surface area (TPSA) is 157 Å². The highest BCUT2D eigenvalue weighted by Gasteiger charge is 2.60. The number of carbonyl (C=O) groups is 2. The molecule has 0 spiro atoms. The molecule has 1 amide bonds. The molecule has 4 atom stereocenters. The number of carboxylic acids is 1. The number of hydrogen-bond donors (Lipinski definition) is 5. The van der Waals surface area contributed by atoms with Crippen LogP contribution in [0.1, 0.15) is 16.7 Å². The van der Waals surface area contributed by atoms with Crippen LogP contribution >= 0.6 is 0 Å². The fraction of sp³-hybridized carbons (Fsp3) is 0.500. The van der Waals surface area contributed by atoms with Gasteiger partial charge < -0.3 is 35.4 Å². The second-order valence-electron chi connectivity index (χ2n) is 5.69. The van der Waals surface area contributed by atoms with Crippen molar-refractivity contribution in [2.75, 3.05) is 25.1 Å². The Labute approximate surface area is 141 Å². The van der Waals surface area contributed by atoms with Gasteiger partial charge in [-0.05, 0) is 0 Å². The summed E-state index contributed by atoms with van der Waals surface area (Å²) in [4.78, 5) is 29.0. The molecular formula is C14H16N4O7. The van der Waals surface area contributed by atoms with E-state index in [9.17, 15) is 30.0 Å². The van der Waals surface area contributed by atoms with E-state index >= 15 is 0 Å². The summed E-state index contributed by atoms with van der Waals surface area (Å²) in [6.45, 7) is -0.889. The van der Waals surface area contributed by atoms with E-state index < -0.39 is 42.5 Å². The Balaban J connectivity index is 1.95. The van der Waals surface area contributed by atoms with Gasteiger partial charge in [-0.15, -0.1) is 6.42 Å². The molecule has 11 heteroatoms. The number of carboxylic acid groups (broad SMARTS) is 1. The lowest BCUT2D eigenvalue weighted by atomic mass is 9.96. The molecule has 0 radical (unpaired) electrons. The number of carbonyl (C=O) groups excluding carboxylic acids is 1. The number of imidazole rings is 1. The zero-order valence-corrected chi connectivity index (χ0v) is 12.9. The van der Waals surface area contributed by atoms with Gasteiger partial charge in [-0.2, -0.15) is 0 Å². The number of anilines is 1. The lowest BCUT2D eigenvalue weighted by molar-refractivity contribution is -0.183. The molecular weight excluding hydrogens is 336 g/mol. The molecule has 0 aromatic carbocycles. The number of fused-ring (bicyclic) bond motifs is 1. The van der Waals surface area contributed by atoms with E-state index in [1.54, 1.807) is 0 Å². The molecule has 134 valence electrons. The Morgan fingerprint density at radius 3 is 2.84 bits per heavy atom. The Hall–Kier alpha value is -2.65. The van der Waals surface area contributed by atoms with Gasteiger partial charge in [0.05, 0.1) is 26.1 Å². The van der Waals surface area contributed by atoms with Gasteiger partial charge in [-0.25, -0.2) is 9.78 Å². The van der Waals surface area contributed by atoms with E-state index in [2.05, 4.69) is 16.2 Å². The summed E-state index contributed by atoms with van der Waals surface area (Å²) in [5, 5.41) is 41.8. The molecule has 2 aliphatic heterocycles. The molecule has 3 rings (SSSR count). The minimum absolute atomic E-state index is 0.0172. The SMILES string of the molecule is C#CCN1CNc2c(ncn2[C@@H]2O[C@@](CO)(C(=O)O)[C@@H](O)[C@H]2O)C1=O. The summed E-state index contributed by atoms with van der Waals surface area (Å²) in [6.07, 6.45) is 1.46. The van der Waals surface area contributed by atoms with Gasteiger partial charge in [0.25, 0.3) is 5.91 Å². The first-order valence-corrected chi connectivity index (χ1v) is 7.29. The summed E-state index contributed by atoms with van der Waals surface area (Å²) in [6, 6.07) is 0. The highest BCUT2D eigenvalue weighted by Crippen LogP contribution is 2.39. The van der Waals surface area contributed by atoms with Crippen LogP contribution in [0.2, 0.25) is 0 Å². The first-order chi connectivity index (χ1) is 11.9. The molecule has 0 saturated carbocycles. The molecule has 1 aromatic rings. The standard InChI is InChI=1S/C14H16N4O7/c1-2-3-17-5-16-10-7(11(17)22)15-6-18(10)12-8(20)9(21)14(4-19,25-12)13(23)24/h1,6,8-9,12,16,19-21H,3-5H2,(H,23,24)/t8-,9+,12-,14-/m1/s1. The third-order valence-electron chi connectivity index (χ3n) is 4.30. The van der Waals surface area contributed by atoms with Crippen LogP contribution in [0.3, 0.4) is 0 Å². The zero-order chi connectivity index (χ0) is 18.4. The minimum Gasteiger partial charge on any atom is -0.479 e. The van der Waals surface area contributed by atoms with Crippen molar-refractivity contribution in [1.29, 1.82) is 0 Å². The highest BCUT2D eigenvalue weighted by atomic mass is 16.6. The summed E-state index contributed by atoms with van der Waals surface area (Å²) in [7, 11) is 0. The van der Waals surface area contributed by atoms with Gasteiger partial charge in [0.1, 0.15) is 18.0 Å². The van der Waals surface area contributed by atoms with E-state index in [1.807, 2.05) is 0 Å². The molecule has 1 fully saturated rings. The Morgan fingerprint density at radius 1 is 1.56 bits per heavy atom. The van der Waals surface area contributed by atoms with Crippen molar-refractivity contribution in [3.05, 3.63) is 12.0 Å². The van der Waals surface area contributed by atoms with Crippen molar-refractivity contribution < 1.29 is 34.8 Å². The van der Waals surface area contributed by atoms with Crippen LogP contribution < -0.4 is 5.32 Å². The van der Waals surface area contributed by atoms with Crippen LogP contribution in [0.15, 0.2) is 6.33 Å². The Bertz CT molecular complexity index is 757. The van der Waals surface area contributed by atoms with Crippen LogP contribution in [0.5, 0.6) is 0 Å². The van der Waals surface area contributed by atoms with Gasteiger partial charge in [0.15, 0.2) is 11.9 Å². The van der Waals surface area contributed by atoms with Crippen molar-refractivity contribution in [2.45, 2.75) is 24.0 Å².